The van der Waals surface area contributed by atoms with Crippen LogP contribution in [0.4, 0.5) is 5.69 Å². The summed E-state index contributed by atoms with van der Waals surface area (Å²) < 4.78 is 38.2. The third-order valence-corrected chi connectivity index (χ3v) is 6.24. The van der Waals surface area contributed by atoms with Gasteiger partial charge in [-0.3, -0.25) is 9.10 Å². The standard InChI is InChI=1S/C21H20ClN3O5S/c1-15-5-8-18(9-6-15)31(27,28)25(19-12-16(22)7-10-20(19)29-2)14-21(26)24-23-13-17-4-3-11-30-17/h3-13H,14H2,1-2H3,(H,24,26)/b23-13-. The molecular weight excluding hydrogens is 442 g/mol. The van der Waals surface area contributed by atoms with Gasteiger partial charge in [0.1, 0.15) is 18.1 Å². The Hall–Kier alpha value is -3.30. The van der Waals surface area contributed by atoms with Gasteiger partial charge in [0, 0.05) is 5.02 Å². The summed E-state index contributed by atoms with van der Waals surface area (Å²) in [4.78, 5) is 12.6. The van der Waals surface area contributed by atoms with E-state index in [4.69, 9.17) is 20.8 Å². The zero-order valence-electron chi connectivity index (χ0n) is 16.8. The van der Waals surface area contributed by atoms with Crippen LogP contribution in [0.25, 0.3) is 0 Å². The molecule has 1 heterocycles. The van der Waals surface area contributed by atoms with Crippen LogP contribution in [0.2, 0.25) is 5.02 Å². The van der Waals surface area contributed by atoms with Crippen molar-refractivity contribution in [1.82, 2.24) is 5.43 Å². The first-order valence-electron chi connectivity index (χ1n) is 9.09. The molecule has 0 saturated carbocycles. The largest absolute Gasteiger partial charge is 0.495 e. The summed E-state index contributed by atoms with van der Waals surface area (Å²) in [6.45, 7) is 1.29. The molecule has 3 rings (SSSR count). The van der Waals surface area contributed by atoms with E-state index in [2.05, 4.69) is 10.5 Å². The van der Waals surface area contributed by atoms with Crippen molar-refractivity contribution < 1.29 is 22.4 Å². The smallest absolute Gasteiger partial charge is 0.264 e. The van der Waals surface area contributed by atoms with E-state index in [9.17, 15) is 13.2 Å². The van der Waals surface area contributed by atoms with E-state index in [0.717, 1.165) is 9.87 Å². The lowest BCUT2D eigenvalue weighted by Crippen LogP contribution is -2.39. The van der Waals surface area contributed by atoms with Gasteiger partial charge in [0.05, 0.1) is 30.2 Å². The zero-order valence-corrected chi connectivity index (χ0v) is 18.4. The molecule has 1 N–H and O–H groups in total. The Kier molecular flexibility index (Phi) is 6.98. The highest BCUT2D eigenvalue weighted by molar-refractivity contribution is 7.92. The number of benzene rings is 2. The van der Waals surface area contributed by atoms with Crippen LogP contribution >= 0.6 is 11.6 Å². The number of nitrogens with one attached hydrogen (secondary N) is 1. The van der Waals surface area contributed by atoms with Gasteiger partial charge in [0.2, 0.25) is 0 Å². The average Bonchev–Trinajstić information content (AvgIpc) is 3.26. The molecule has 1 aromatic heterocycles. The van der Waals surface area contributed by atoms with Crippen molar-refractivity contribution in [3.63, 3.8) is 0 Å². The Morgan fingerprint density at radius 2 is 1.97 bits per heavy atom. The Morgan fingerprint density at radius 1 is 1.23 bits per heavy atom. The Balaban J connectivity index is 1.95. The van der Waals surface area contributed by atoms with E-state index < -0.39 is 22.5 Å². The van der Waals surface area contributed by atoms with Gasteiger partial charge in [0.25, 0.3) is 15.9 Å². The predicted molar refractivity (Wildman–Crippen MR) is 118 cm³/mol. The molecule has 162 valence electrons. The molecule has 2 aromatic carbocycles. The number of hydrazone groups is 1. The van der Waals surface area contributed by atoms with E-state index in [1.165, 1.54) is 43.9 Å². The fraction of sp³-hybridized carbons (Fsp3) is 0.143. The molecule has 0 atom stereocenters. The van der Waals surface area contributed by atoms with Crippen molar-refractivity contribution in [3.05, 3.63) is 77.2 Å². The number of sulfonamides is 1. The molecule has 0 bridgehead atoms. The zero-order chi connectivity index (χ0) is 22.4. The Labute approximate surface area is 185 Å². The number of furan rings is 1. The van der Waals surface area contributed by atoms with Crippen molar-refractivity contribution in [1.29, 1.82) is 0 Å². The molecule has 0 aliphatic carbocycles. The Bertz CT molecular complexity index is 1180. The van der Waals surface area contributed by atoms with Crippen molar-refractivity contribution in [2.24, 2.45) is 5.10 Å². The average molecular weight is 462 g/mol. The van der Waals surface area contributed by atoms with Gasteiger partial charge in [-0.1, -0.05) is 29.3 Å². The summed E-state index contributed by atoms with van der Waals surface area (Å²) in [5.41, 5.74) is 3.32. The molecule has 0 radical (unpaired) electrons. The van der Waals surface area contributed by atoms with Gasteiger partial charge in [-0.15, -0.1) is 0 Å². The summed E-state index contributed by atoms with van der Waals surface area (Å²) in [5.74, 6) is 0.00781. The van der Waals surface area contributed by atoms with Crippen LogP contribution in [0.5, 0.6) is 5.75 Å². The monoisotopic (exact) mass is 461 g/mol. The topological polar surface area (TPSA) is 101 Å². The number of hydrogen-bond acceptors (Lipinski definition) is 6. The number of halogens is 1. The lowest BCUT2D eigenvalue weighted by Gasteiger charge is -2.25. The molecule has 31 heavy (non-hydrogen) atoms. The predicted octanol–water partition coefficient (Wildman–Crippen LogP) is 3.60. The van der Waals surface area contributed by atoms with Crippen molar-refractivity contribution >= 4 is 39.4 Å². The van der Waals surface area contributed by atoms with Crippen LogP contribution in [-0.4, -0.2) is 34.2 Å². The number of nitrogens with zero attached hydrogens (tertiary/aromatic N) is 2. The number of amides is 1. The fourth-order valence-corrected chi connectivity index (χ4v) is 4.28. The minimum absolute atomic E-state index is 0.0204. The maximum atomic E-state index is 13.4. The van der Waals surface area contributed by atoms with Gasteiger partial charge >= 0.3 is 0 Å². The molecular formula is C21H20ClN3O5S. The van der Waals surface area contributed by atoms with Crippen molar-refractivity contribution in [2.75, 3.05) is 18.0 Å². The minimum atomic E-state index is -4.12. The lowest BCUT2D eigenvalue weighted by molar-refractivity contribution is -0.119. The number of hydrogen-bond donors (Lipinski definition) is 1. The second-order valence-electron chi connectivity index (χ2n) is 6.45. The van der Waals surface area contributed by atoms with Gasteiger partial charge in [-0.2, -0.15) is 5.10 Å². The van der Waals surface area contributed by atoms with E-state index in [0.29, 0.717) is 5.76 Å². The number of carbonyl (C=O) groups is 1. The minimum Gasteiger partial charge on any atom is -0.495 e. The van der Waals surface area contributed by atoms with Crippen molar-refractivity contribution in [2.45, 2.75) is 11.8 Å². The van der Waals surface area contributed by atoms with Crippen LogP contribution in [-0.2, 0) is 14.8 Å². The van der Waals surface area contributed by atoms with Crippen LogP contribution in [0, 0.1) is 6.92 Å². The van der Waals surface area contributed by atoms with E-state index in [1.807, 2.05) is 6.92 Å². The van der Waals surface area contributed by atoms with Gasteiger partial charge in [-0.25, -0.2) is 13.8 Å². The first-order chi connectivity index (χ1) is 14.8. The number of rotatable bonds is 8. The number of anilines is 1. The SMILES string of the molecule is COc1ccc(Cl)cc1N(CC(=O)N/N=C\c1ccco1)S(=O)(=O)c1ccc(C)cc1. The Morgan fingerprint density at radius 3 is 2.61 bits per heavy atom. The van der Waals surface area contributed by atoms with Gasteiger partial charge in [0.15, 0.2) is 0 Å². The fourth-order valence-electron chi connectivity index (χ4n) is 2.69. The third kappa shape index (κ3) is 5.44. The second-order valence-corrected chi connectivity index (χ2v) is 8.75. The van der Waals surface area contributed by atoms with Crippen LogP contribution in [0.15, 0.2) is 75.3 Å². The molecule has 0 saturated heterocycles. The molecule has 0 aliphatic rings. The van der Waals surface area contributed by atoms with E-state index in [-0.39, 0.29) is 21.4 Å². The van der Waals surface area contributed by atoms with Gasteiger partial charge in [-0.05, 0) is 49.4 Å². The number of ether oxygens (including phenoxy) is 1. The molecule has 8 nitrogen and oxygen atoms in total. The maximum absolute atomic E-state index is 13.4. The van der Waals surface area contributed by atoms with Crippen LogP contribution in [0.3, 0.4) is 0 Å². The number of methoxy groups -OCH3 is 1. The number of aryl methyl sites for hydroxylation is 1. The second kappa shape index (κ2) is 9.67. The van der Waals surface area contributed by atoms with E-state index in [1.54, 1.807) is 30.3 Å². The summed E-state index contributed by atoms with van der Waals surface area (Å²) in [6, 6.07) is 14.1. The summed E-state index contributed by atoms with van der Waals surface area (Å²) >= 11 is 6.10. The quantitative estimate of drug-likeness (QED) is 0.408. The highest BCUT2D eigenvalue weighted by Crippen LogP contribution is 2.34. The van der Waals surface area contributed by atoms with Gasteiger partial charge < -0.3 is 9.15 Å². The maximum Gasteiger partial charge on any atom is 0.264 e. The first-order valence-corrected chi connectivity index (χ1v) is 10.9. The normalized spacial score (nSPS) is 11.5. The molecule has 0 fully saturated rings. The van der Waals surface area contributed by atoms with Crippen LogP contribution < -0.4 is 14.5 Å². The molecule has 0 spiro atoms. The number of carbonyl (C=O) groups excluding carboxylic acids is 1. The van der Waals surface area contributed by atoms with E-state index >= 15 is 0 Å². The molecule has 0 unspecified atom stereocenters. The highest BCUT2D eigenvalue weighted by Gasteiger charge is 2.29. The molecule has 3 aromatic rings. The summed E-state index contributed by atoms with van der Waals surface area (Å²) in [6.07, 6.45) is 2.77. The van der Waals surface area contributed by atoms with Crippen molar-refractivity contribution in [3.8, 4) is 5.75 Å². The summed E-state index contributed by atoms with van der Waals surface area (Å²) in [7, 11) is -2.72. The summed E-state index contributed by atoms with van der Waals surface area (Å²) in [5, 5.41) is 4.08. The highest BCUT2D eigenvalue weighted by atomic mass is 35.5. The molecule has 0 aliphatic heterocycles. The van der Waals surface area contributed by atoms with Crippen LogP contribution in [0.1, 0.15) is 11.3 Å². The third-order valence-electron chi connectivity index (χ3n) is 4.23. The molecule has 1 amide bonds. The lowest BCUT2D eigenvalue weighted by atomic mass is 10.2. The first kappa shape index (κ1) is 22.4. The molecule has 10 heteroatoms.